The Morgan fingerprint density at radius 1 is 1.11 bits per heavy atom. The van der Waals surface area contributed by atoms with E-state index in [0.717, 1.165) is 0 Å². The minimum Gasteiger partial charge on any atom is -1.00 e. The van der Waals surface area contributed by atoms with Gasteiger partial charge in [0.15, 0.2) is 0 Å². The van der Waals surface area contributed by atoms with Crippen molar-refractivity contribution in [1.29, 1.82) is 0 Å². The second-order valence-electron chi connectivity index (χ2n) is 1.99. The molecule has 0 unspecified atom stereocenters. The van der Waals surface area contributed by atoms with Crippen molar-refractivity contribution in [2.45, 2.75) is 6.92 Å². The topological polar surface area (TPSA) is 0 Å². The zero-order valence-corrected chi connectivity index (χ0v) is 10.5. The monoisotopic (exact) mass is 282 g/mol. The van der Waals surface area contributed by atoms with Crippen molar-refractivity contribution in [2.75, 3.05) is 0 Å². The molecule has 0 aliphatic rings. The predicted molar refractivity (Wildman–Crippen MR) is 30.8 cm³/mol. The van der Waals surface area contributed by atoms with Crippen LogP contribution < -0.4 is 28.1 Å². The average Bonchev–Trinajstić information content (AvgIpc) is 1.77. The van der Waals surface area contributed by atoms with Crippen LogP contribution in [0.1, 0.15) is 5.56 Å². The van der Waals surface area contributed by atoms with Crippen LogP contribution >= 0.6 is 0 Å². The van der Waals surface area contributed by atoms with Crippen molar-refractivity contribution >= 4 is 4.16 Å². The van der Waals surface area contributed by atoms with Crippen LogP contribution in [0.3, 0.4) is 0 Å². The molecule has 0 saturated carbocycles. The molecular formula is C7H7IZn. The molecule has 1 aromatic rings. The summed E-state index contributed by atoms with van der Waals surface area (Å²) in [5.74, 6) is 0. The maximum atomic E-state index is 2.18. The molecule has 0 bridgehead atoms. The Morgan fingerprint density at radius 2 is 1.56 bits per heavy atom. The van der Waals surface area contributed by atoms with Gasteiger partial charge >= 0.3 is 59.2 Å². The Morgan fingerprint density at radius 3 is 1.89 bits per heavy atom. The summed E-state index contributed by atoms with van der Waals surface area (Å²) in [5.41, 5.74) is 1.35. The molecule has 0 radical (unpaired) electrons. The van der Waals surface area contributed by atoms with Crippen LogP contribution in [0.5, 0.6) is 0 Å². The minimum absolute atomic E-state index is 0. The van der Waals surface area contributed by atoms with Gasteiger partial charge in [-0.2, -0.15) is 0 Å². The Balaban J connectivity index is 0.000000640. The first-order chi connectivity index (χ1) is 3.79. The van der Waals surface area contributed by atoms with Gasteiger partial charge in [-0.3, -0.25) is 0 Å². The summed E-state index contributed by atoms with van der Waals surface area (Å²) in [6, 6.07) is 8.66. The van der Waals surface area contributed by atoms with Crippen LogP contribution in [0, 0.1) is 6.92 Å². The Bertz CT molecular complexity index is 148. The molecule has 0 amide bonds. The molecule has 2 heteroatoms. The molecule has 0 aromatic heterocycles. The molecule has 0 saturated heterocycles. The van der Waals surface area contributed by atoms with Gasteiger partial charge in [0.2, 0.25) is 0 Å². The average molecular weight is 283 g/mol. The van der Waals surface area contributed by atoms with Gasteiger partial charge in [-0.25, -0.2) is 0 Å². The minimum atomic E-state index is 0. The molecule has 0 N–H and O–H groups in total. The summed E-state index contributed by atoms with van der Waals surface area (Å²) in [7, 11) is 0. The van der Waals surface area contributed by atoms with E-state index in [2.05, 4.69) is 31.2 Å². The van der Waals surface area contributed by atoms with E-state index < -0.39 is 0 Å². The van der Waals surface area contributed by atoms with E-state index in [0.29, 0.717) is 0 Å². The zero-order valence-electron chi connectivity index (χ0n) is 5.39. The number of hydrogen-bond donors (Lipinski definition) is 0. The molecule has 0 heterocycles. The van der Waals surface area contributed by atoms with Crippen molar-refractivity contribution < 1.29 is 42.3 Å². The zero-order chi connectivity index (χ0) is 5.98. The Hall–Kier alpha value is 0.573. The molecule has 0 aliphatic carbocycles. The van der Waals surface area contributed by atoms with Gasteiger partial charge in [0.05, 0.1) is 0 Å². The third-order valence-corrected chi connectivity index (χ3v) is 2.11. The molecule has 0 aliphatic heterocycles. The summed E-state index contributed by atoms with van der Waals surface area (Å²) < 4.78 is 1.45. The molecular weight excluding hydrogens is 276 g/mol. The van der Waals surface area contributed by atoms with Crippen LogP contribution in [0.2, 0.25) is 0 Å². The van der Waals surface area contributed by atoms with E-state index in [4.69, 9.17) is 0 Å². The quantitative estimate of drug-likeness (QED) is 0.388. The van der Waals surface area contributed by atoms with Crippen LogP contribution in [-0.4, -0.2) is 0 Å². The molecule has 0 spiro atoms. The fraction of sp³-hybridized carbons (Fsp3) is 0.143. The summed E-state index contributed by atoms with van der Waals surface area (Å²) in [5, 5.41) is 0. The van der Waals surface area contributed by atoms with Crippen molar-refractivity contribution in [1.82, 2.24) is 0 Å². The van der Waals surface area contributed by atoms with E-state index in [1.807, 2.05) is 0 Å². The number of hydrogen-bond acceptors (Lipinski definition) is 0. The standard InChI is InChI=1S/C7H7.HI.Zn/c1-7-5-3-2-4-6-7;;/h3-6H,1H3;1H;/q;;+1/p-1. The fourth-order valence-electron chi connectivity index (χ4n) is 0.588. The predicted octanol–water partition coefficient (Wildman–Crippen LogP) is -1.83. The summed E-state index contributed by atoms with van der Waals surface area (Å²) in [6.45, 7) is 2.11. The molecule has 44 valence electrons. The maximum absolute atomic E-state index is 2.18. The fourth-order valence-corrected chi connectivity index (χ4v) is 1.08. The van der Waals surface area contributed by atoms with Gasteiger partial charge in [0.1, 0.15) is 0 Å². The normalized spacial score (nSPS) is 8.33. The Kier molecular flexibility index (Phi) is 4.68. The smallest absolute Gasteiger partial charge is 1.00 e. The number of benzene rings is 1. The van der Waals surface area contributed by atoms with Crippen molar-refractivity contribution in [3.63, 3.8) is 0 Å². The van der Waals surface area contributed by atoms with Crippen molar-refractivity contribution in [3.8, 4) is 0 Å². The number of rotatable bonds is 0. The molecule has 0 atom stereocenters. The van der Waals surface area contributed by atoms with Gasteiger partial charge in [-0.15, -0.1) is 0 Å². The molecule has 9 heavy (non-hydrogen) atoms. The molecule has 1 rings (SSSR count). The summed E-state index contributed by atoms with van der Waals surface area (Å²) >= 11 is 1.26. The van der Waals surface area contributed by atoms with E-state index >= 15 is 0 Å². The Labute approximate surface area is 82.7 Å². The van der Waals surface area contributed by atoms with Crippen LogP contribution in [0.4, 0.5) is 0 Å². The van der Waals surface area contributed by atoms with Gasteiger partial charge in [0.25, 0.3) is 0 Å². The van der Waals surface area contributed by atoms with Crippen molar-refractivity contribution in [2.24, 2.45) is 0 Å². The summed E-state index contributed by atoms with van der Waals surface area (Å²) in [6.07, 6.45) is 0. The van der Waals surface area contributed by atoms with Crippen LogP contribution in [0.15, 0.2) is 24.3 Å². The molecule has 0 nitrogen and oxygen atoms in total. The maximum Gasteiger partial charge on any atom is -1.00 e. The van der Waals surface area contributed by atoms with E-state index in [1.165, 1.54) is 28.0 Å². The first-order valence-electron chi connectivity index (χ1n) is 2.67. The van der Waals surface area contributed by atoms with Crippen LogP contribution in [0.25, 0.3) is 0 Å². The second-order valence-corrected chi connectivity index (χ2v) is 3.70. The van der Waals surface area contributed by atoms with Crippen LogP contribution in [-0.2, 0) is 18.3 Å². The first kappa shape index (κ1) is 9.57. The van der Waals surface area contributed by atoms with Gasteiger partial charge in [-0.05, 0) is 0 Å². The van der Waals surface area contributed by atoms with Gasteiger partial charge in [0, 0.05) is 0 Å². The summed E-state index contributed by atoms with van der Waals surface area (Å²) in [4.78, 5) is 0. The van der Waals surface area contributed by atoms with E-state index in [1.54, 1.807) is 0 Å². The van der Waals surface area contributed by atoms with Gasteiger partial charge < -0.3 is 24.0 Å². The molecule has 0 fully saturated rings. The van der Waals surface area contributed by atoms with Gasteiger partial charge in [-0.1, -0.05) is 0 Å². The third kappa shape index (κ3) is 3.31. The molecule has 1 aromatic carbocycles. The number of aryl methyl sites for hydroxylation is 1. The largest absolute Gasteiger partial charge is 1.00 e. The second kappa shape index (κ2) is 4.40. The van der Waals surface area contributed by atoms with E-state index in [-0.39, 0.29) is 24.0 Å². The first-order valence-corrected chi connectivity index (χ1v) is 4.16. The van der Waals surface area contributed by atoms with Crippen molar-refractivity contribution in [3.05, 3.63) is 29.8 Å². The van der Waals surface area contributed by atoms with E-state index in [9.17, 15) is 0 Å². The third-order valence-electron chi connectivity index (χ3n) is 1.12. The number of halogens is 1. The SMILES string of the molecule is Cc1cc[c]([Zn+])cc1.[I-].